The predicted octanol–water partition coefficient (Wildman–Crippen LogP) is 5.41. The Morgan fingerprint density at radius 1 is 0.935 bits per heavy atom. The molecular formula is C33H24N4O7S2. The largest absolute Gasteiger partial charge is 0.496 e. The van der Waals surface area contributed by atoms with Gasteiger partial charge in [0, 0.05) is 34.2 Å². The number of benzene rings is 4. The maximum Gasteiger partial charge on any atom is 0.308 e. The van der Waals surface area contributed by atoms with E-state index >= 15 is 0 Å². The summed E-state index contributed by atoms with van der Waals surface area (Å²) in [7, 11) is 1.50. The number of hydrogen-bond acceptors (Lipinski definition) is 9. The summed E-state index contributed by atoms with van der Waals surface area (Å²) in [5.74, 6) is -2.55. The van der Waals surface area contributed by atoms with E-state index in [4.69, 9.17) is 4.74 Å². The van der Waals surface area contributed by atoms with Crippen molar-refractivity contribution in [3.63, 3.8) is 0 Å². The van der Waals surface area contributed by atoms with Crippen LogP contribution in [0.1, 0.15) is 16.4 Å². The fraction of sp³-hybridized carbons (Fsp3) is 0.152. The number of thioether (sulfide) groups is 1. The van der Waals surface area contributed by atoms with Gasteiger partial charge >= 0.3 is 4.87 Å². The monoisotopic (exact) mass is 652 g/mol. The van der Waals surface area contributed by atoms with Gasteiger partial charge < -0.3 is 10.1 Å². The molecule has 0 bridgehead atoms. The molecule has 5 aromatic rings. The van der Waals surface area contributed by atoms with Crippen LogP contribution in [0.25, 0.3) is 10.8 Å². The summed E-state index contributed by atoms with van der Waals surface area (Å²) >= 11 is 2.03. The highest BCUT2D eigenvalue weighted by Gasteiger charge is 2.57. The summed E-state index contributed by atoms with van der Waals surface area (Å²) in [6, 6.07) is 25.6. The van der Waals surface area contributed by atoms with Crippen molar-refractivity contribution < 1.29 is 24.0 Å². The van der Waals surface area contributed by atoms with Crippen molar-refractivity contribution in [1.82, 2.24) is 4.57 Å². The van der Waals surface area contributed by atoms with E-state index in [1.807, 2.05) is 36.4 Å². The number of ether oxygens (including phenoxy) is 1. The van der Waals surface area contributed by atoms with Gasteiger partial charge in [0.2, 0.25) is 17.7 Å². The molecule has 4 aromatic carbocycles. The Bertz CT molecular complexity index is 2120. The molecule has 230 valence electrons. The van der Waals surface area contributed by atoms with Gasteiger partial charge in [0.1, 0.15) is 17.5 Å². The van der Waals surface area contributed by atoms with Crippen molar-refractivity contribution in [2.45, 2.75) is 22.7 Å². The van der Waals surface area contributed by atoms with Crippen LogP contribution in [0.15, 0.2) is 101 Å². The van der Waals surface area contributed by atoms with E-state index in [1.54, 1.807) is 30.3 Å². The van der Waals surface area contributed by atoms with Gasteiger partial charge in [0.15, 0.2) is 0 Å². The van der Waals surface area contributed by atoms with Crippen LogP contribution in [0, 0.1) is 16.0 Å². The minimum absolute atomic E-state index is 0.172. The summed E-state index contributed by atoms with van der Waals surface area (Å²) < 4.78 is 7.00. The van der Waals surface area contributed by atoms with Crippen LogP contribution >= 0.6 is 23.1 Å². The first-order valence-electron chi connectivity index (χ1n) is 14.2. The Morgan fingerprint density at radius 3 is 2.39 bits per heavy atom. The lowest BCUT2D eigenvalue weighted by Gasteiger charge is -2.31. The second kappa shape index (κ2) is 11.6. The molecule has 13 heteroatoms. The molecule has 3 atom stereocenters. The molecule has 46 heavy (non-hydrogen) atoms. The fourth-order valence-corrected chi connectivity index (χ4v) is 8.87. The number of nitro benzene ring substituents is 1. The molecular weight excluding hydrogens is 629 g/mol. The topological polar surface area (TPSA) is 141 Å². The molecule has 0 spiro atoms. The number of anilines is 2. The van der Waals surface area contributed by atoms with Crippen molar-refractivity contribution in [2.75, 3.05) is 17.3 Å². The van der Waals surface area contributed by atoms with Crippen LogP contribution in [0.3, 0.4) is 0 Å². The lowest BCUT2D eigenvalue weighted by molar-refractivity contribution is -0.384. The molecule has 2 aliphatic rings. The third kappa shape index (κ3) is 4.93. The third-order valence-electron chi connectivity index (χ3n) is 8.18. The van der Waals surface area contributed by atoms with E-state index in [0.717, 1.165) is 38.8 Å². The zero-order chi connectivity index (χ0) is 32.1. The van der Waals surface area contributed by atoms with Crippen LogP contribution in [0.4, 0.5) is 17.1 Å². The maximum atomic E-state index is 14.1. The van der Waals surface area contributed by atoms with Crippen LogP contribution in [-0.4, -0.2) is 39.6 Å². The smallest absolute Gasteiger partial charge is 0.308 e. The lowest BCUT2D eigenvalue weighted by atomic mass is 9.82. The average molecular weight is 653 g/mol. The summed E-state index contributed by atoms with van der Waals surface area (Å²) in [5.41, 5.74) is 1.25. The molecule has 1 saturated heterocycles. The van der Waals surface area contributed by atoms with Crippen molar-refractivity contribution in [3.05, 3.63) is 121 Å². The standard InChI is InChI=1S/C33H24N4O7S2/c1-44-24-9-5-4-8-23(24)26-27-28(31(40)36(30(27)39)21-12-14-22(15-13-21)37(42)43)45-32-29(26)46-33(41)35(32)17-25(38)34-20-11-10-18-6-2-3-7-19(18)16-20/h2-16,26-28H,17H2,1H3,(H,34,38). The van der Waals surface area contributed by atoms with E-state index in [0.29, 0.717) is 26.9 Å². The van der Waals surface area contributed by atoms with Gasteiger partial charge in [-0.15, -0.1) is 0 Å². The fourth-order valence-electron chi connectivity index (χ4n) is 6.10. The number of rotatable bonds is 7. The highest BCUT2D eigenvalue weighted by atomic mass is 32.2. The molecule has 2 aliphatic heterocycles. The third-order valence-corrected chi connectivity index (χ3v) is 10.8. The normalized spacial score (nSPS) is 18.7. The number of nitrogens with zero attached hydrogens (tertiary/aromatic N) is 3. The summed E-state index contributed by atoms with van der Waals surface area (Å²) in [6.45, 7) is -0.297. The maximum absolute atomic E-state index is 14.1. The summed E-state index contributed by atoms with van der Waals surface area (Å²) in [6.07, 6.45) is 0. The Labute approximate surface area is 269 Å². The number of nitrogens with one attached hydrogen (secondary N) is 1. The van der Waals surface area contributed by atoms with Gasteiger partial charge in [0.05, 0.1) is 28.7 Å². The molecule has 0 saturated carbocycles. The van der Waals surface area contributed by atoms with Crippen LogP contribution < -0.4 is 19.8 Å². The van der Waals surface area contributed by atoms with Gasteiger partial charge in [0.25, 0.3) is 5.69 Å². The van der Waals surface area contributed by atoms with Crippen molar-refractivity contribution >= 4 is 68.7 Å². The lowest BCUT2D eigenvalue weighted by Crippen LogP contribution is -2.33. The van der Waals surface area contributed by atoms with E-state index in [-0.39, 0.29) is 17.9 Å². The van der Waals surface area contributed by atoms with E-state index in [2.05, 4.69) is 5.32 Å². The zero-order valence-corrected chi connectivity index (χ0v) is 25.7. The van der Waals surface area contributed by atoms with Crippen LogP contribution in [0.5, 0.6) is 5.75 Å². The first-order valence-corrected chi connectivity index (χ1v) is 15.9. The molecule has 3 amide bonds. The molecule has 1 fully saturated rings. The van der Waals surface area contributed by atoms with E-state index in [1.165, 1.54) is 35.9 Å². The van der Waals surface area contributed by atoms with Gasteiger partial charge in [-0.25, -0.2) is 4.90 Å². The van der Waals surface area contributed by atoms with Gasteiger partial charge in [-0.3, -0.25) is 33.9 Å². The minimum atomic E-state index is -0.922. The number of imide groups is 1. The first-order chi connectivity index (χ1) is 22.2. The molecule has 11 nitrogen and oxygen atoms in total. The number of amides is 3. The number of carbonyl (C=O) groups is 3. The number of para-hydroxylation sites is 1. The highest BCUT2D eigenvalue weighted by Crippen LogP contribution is 2.55. The summed E-state index contributed by atoms with van der Waals surface area (Å²) in [5, 5.41) is 15.6. The van der Waals surface area contributed by atoms with Crippen molar-refractivity contribution in [3.8, 4) is 5.75 Å². The molecule has 1 N–H and O–H groups in total. The quantitative estimate of drug-likeness (QED) is 0.140. The molecule has 0 radical (unpaired) electrons. The number of methoxy groups -OCH3 is 1. The Morgan fingerprint density at radius 2 is 1.65 bits per heavy atom. The molecule has 3 heterocycles. The molecule has 1 aromatic heterocycles. The first kappa shape index (κ1) is 29.4. The number of carbonyl (C=O) groups excluding carboxylic acids is 3. The zero-order valence-electron chi connectivity index (χ0n) is 24.1. The summed E-state index contributed by atoms with van der Waals surface area (Å²) in [4.78, 5) is 66.7. The molecule has 3 unspecified atom stereocenters. The molecule has 7 rings (SSSR count). The number of thiazole rings is 1. The van der Waals surface area contributed by atoms with Gasteiger partial charge in [-0.05, 0) is 41.1 Å². The Kier molecular flexibility index (Phi) is 7.41. The van der Waals surface area contributed by atoms with Crippen LogP contribution in [-0.2, 0) is 20.9 Å². The Balaban J connectivity index is 1.27. The van der Waals surface area contributed by atoms with Gasteiger partial charge in [-0.1, -0.05) is 71.6 Å². The predicted molar refractivity (Wildman–Crippen MR) is 175 cm³/mol. The van der Waals surface area contributed by atoms with Crippen molar-refractivity contribution in [2.24, 2.45) is 5.92 Å². The SMILES string of the molecule is COc1ccccc1C1c2sc(=O)n(CC(=O)Nc3ccc4ccccc4c3)c2SC2C(=O)N(c3ccc([N+](=O)[O-])cc3)C(=O)C21. The van der Waals surface area contributed by atoms with E-state index < -0.39 is 44.6 Å². The second-order valence-electron chi connectivity index (χ2n) is 10.8. The van der Waals surface area contributed by atoms with E-state index in [9.17, 15) is 29.3 Å². The minimum Gasteiger partial charge on any atom is -0.496 e. The number of nitro groups is 1. The highest BCUT2D eigenvalue weighted by molar-refractivity contribution is 8.00. The average Bonchev–Trinajstić information content (AvgIpc) is 3.50. The van der Waals surface area contributed by atoms with Crippen molar-refractivity contribution in [1.29, 1.82) is 0 Å². The number of fused-ring (bicyclic) bond motifs is 3. The molecule has 0 aliphatic carbocycles. The second-order valence-corrected chi connectivity index (χ2v) is 12.9. The number of non-ortho nitro benzene ring substituents is 1. The Hall–Kier alpha value is -5.27. The van der Waals surface area contributed by atoms with Crippen LogP contribution in [0.2, 0.25) is 0 Å². The number of aromatic nitrogens is 1. The van der Waals surface area contributed by atoms with Gasteiger partial charge in [-0.2, -0.15) is 0 Å². The number of hydrogen-bond donors (Lipinski definition) is 1.